The molecule has 0 spiro atoms. The summed E-state index contributed by atoms with van der Waals surface area (Å²) in [5, 5.41) is 14.7. The van der Waals surface area contributed by atoms with Crippen LogP contribution in [0.15, 0.2) is 60.8 Å². The summed E-state index contributed by atoms with van der Waals surface area (Å²) in [5.41, 5.74) is 5.48. The van der Waals surface area contributed by atoms with Crippen LogP contribution >= 0.6 is 0 Å². The van der Waals surface area contributed by atoms with Crippen LogP contribution in [0.25, 0.3) is 22.0 Å². The molecule has 5 nitrogen and oxygen atoms in total. The molecule has 6 heteroatoms. The molecular weight excluding hydrogens is 407 g/mol. The average molecular weight is 432 g/mol. The lowest BCUT2D eigenvalue weighted by Crippen LogP contribution is -2.13. The standard InChI is InChI=1S/C26H25FN2O3/c1-16-10-25(32-15-18-5-4-6-22(27)11-18)23(13-20(16)9-17(2)26(30)31)19-7-8-24-21(12-19)14-28-29(24)3/h4-8,10-14,17H,9,15H2,1-3H3,(H,30,31). The summed E-state index contributed by atoms with van der Waals surface area (Å²) in [7, 11) is 1.90. The second-order valence-corrected chi connectivity index (χ2v) is 8.18. The van der Waals surface area contributed by atoms with Crippen LogP contribution in [0.2, 0.25) is 0 Å². The number of fused-ring (bicyclic) bond motifs is 1. The lowest BCUT2D eigenvalue weighted by molar-refractivity contribution is -0.141. The van der Waals surface area contributed by atoms with Gasteiger partial charge in [0.25, 0.3) is 0 Å². The quantitative estimate of drug-likeness (QED) is 0.417. The summed E-state index contributed by atoms with van der Waals surface area (Å²) in [6.45, 7) is 3.88. The summed E-state index contributed by atoms with van der Waals surface area (Å²) in [5.74, 6) is -0.958. The maximum absolute atomic E-state index is 13.6. The highest BCUT2D eigenvalue weighted by atomic mass is 19.1. The Balaban J connectivity index is 1.76. The van der Waals surface area contributed by atoms with Crippen LogP contribution in [0.5, 0.6) is 5.75 Å². The number of rotatable bonds is 7. The van der Waals surface area contributed by atoms with E-state index in [1.54, 1.807) is 13.0 Å². The smallest absolute Gasteiger partial charge is 0.306 e. The molecule has 0 aliphatic heterocycles. The summed E-state index contributed by atoms with van der Waals surface area (Å²) in [4.78, 5) is 11.4. The zero-order chi connectivity index (χ0) is 22.8. The number of ether oxygens (including phenoxy) is 1. The van der Waals surface area contributed by atoms with Gasteiger partial charge in [-0.05, 0) is 72.0 Å². The summed E-state index contributed by atoms with van der Waals surface area (Å²) in [6, 6.07) is 16.3. The average Bonchev–Trinajstić information content (AvgIpc) is 3.13. The van der Waals surface area contributed by atoms with Gasteiger partial charge in [0.2, 0.25) is 0 Å². The molecule has 0 aliphatic carbocycles. The second kappa shape index (κ2) is 8.83. The third-order valence-electron chi connectivity index (χ3n) is 5.73. The van der Waals surface area contributed by atoms with E-state index < -0.39 is 11.9 Å². The minimum Gasteiger partial charge on any atom is -0.488 e. The van der Waals surface area contributed by atoms with Crippen LogP contribution in [0.1, 0.15) is 23.6 Å². The summed E-state index contributed by atoms with van der Waals surface area (Å²) in [6.07, 6.45) is 2.24. The van der Waals surface area contributed by atoms with E-state index in [2.05, 4.69) is 5.10 Å². The van der Waals surface area contributed by atoms with E-state index in [1.807, 2.05) is 61.2 Å². The van der Waals surface area contributed by atoms with Gasteiger partial charge in [-0.25, -0.2) is 4.39 Å². The number of hydrogen-bond acceptors (Lipinski definition) is 3. The molecule has 0 amide bonds. The number of benzene rings is 3. The van der Waals surface area contributed by atoms with E-state index >= 15 is 0 Å². The van der Waals surface area contributed by atoms with Gasteiger partial charge < -0.3 is 9.84 Å². The molecule has 0 radical (unpaired) electrons. The van der Waals surface area contributed by atoms with E-state index in [0.717, 1.165) is 38.7 Å². The largest absolute Gasteiger partial charge is 0.488 e. The molecular formula is C26H25FN2O3. The van der Waals surface area contributed by atoms with Crippen LogP contribution in [0.4, 0.5) is 4.39 Å². The van der Waals surface area contributed by atoms with E-state index in [-0.39, 0.29) is 12.4 Å². The molecule has 1 aromatic heterocycles. The molecule has 4 rings (SSSR count). The fourth-order valence-electron chi connectivity index (χ4n) is 3.83. The van der Waals surface area contributed by atoms with Crippen LogP contribution in [-0.2, 0) is 24.9 Å². The topological polar surface area (TPSA) is 64.4 Å². The SMILES string of the molecule is Cc1cc(OCc2cccc(F)c2)c(-c2ccc3c(cnn3C)c2)cc1CC(C)C(=O)O. The maximum atomic E-state index is 13.6. The minimum atomic E-state index is -0.825. The third kappa shape index (κ3) is 4.49. The first-order valence-corrected chi connectivity index (χ1v) is 10.5. The summed E-state index contributed by atoms with van der Waals surface area (Å²) < 4.78 is 21.5. The Hall–Kier alpha value is -3.67. The first kappa shape index (κ1) is 21.6. The normalized spacial score (nSPS) is 12.1. The predicted octanol–water partition coefficient (Wildman–Crippen LogP) is 5.53. The molecule has 1 unspecified atom stereocenters. The number of carboxylic acids is 1. The van der Waals surface area contributed by atoms with Gasteiger partial charge in [-0.1, -0.05) is 25.1 Å². The van der Waals surface area contributed by atoms with Gasteiger partial charge in [-0.2, -0.15) is 5.10 Å². The Labute approximate surface area is 186 Å². The lowest BCUT2D eigenvalue weighted by Gasteiger charge is -2.17. The number of halogens is 1. The van der Waals surface area contributed by atoms with Crippen molar-refractivity contribution in [3.8, 4) is 16.9 Å². The Kier molecular flexibility index (Phi) is 5.95. The van der Waals surface area contributed by atoms with E-state index in [9.17, 15) is 14.3 Å². The molecule has 4 aromatic rings. The number of aryl methyl sites for hydroxylation is 2. The van der Waals surface area contributed by atoms with Crippen molar-refractivity contribution >= 4 is 16.9 Å². The van der Waals surface area contributed by atoms with E-state index in [1.165, 1.54) is 12.1 Å². The molecule has 32 heavy (non-hydrogen) atoms. The van der Waals surface area contributed by atoms with Gasteiger partial charge in [0.1, 0.15) is 18.2 Å². The number of hydrogen-bond donors (Lipinski definition) is 1. The summed E-state index contributed by atoms with van der Waals surface area (Å²) >= 11 is 0. The lowest BCUT2D eigenvalue weighted by atomic mass is 9.92. The zero-order valence-electron chi connectivity index (χ0n) is 18.3. The predicted molar refractivity (Wildman–Crippen MR) is 122 cm³/mol. The van der Waals surface area contributed by atoms with Crippen molar-refractivity contribution in [3.63, 3.8) is 0 Å². The molecule has 1 N–H and O–H groups in total. The van der Waals surface area contributed by atoms with Crippen LogP contribution in [0.3, 0.4) is 0 Å². The number of aliphatic carboxylic acids is 1. The highest BCUT2D eigenvalue weighted by Crippen LogP contribution is 2.36. The van der Waals surface area contributed by atoms with Crippen LogP contribution in [0, 0.1) is 18.7 Å². The molecule has 164 valence electrons. The second-order valence-electron chi connectivity index (χ2n) is 8.18. The molecule has 0 saturated carbocycles. The van der Waals surface area contributed by atoms with Gasteiger partial charge in [-0.15, -0.1) is 0 Å². The van der Waals surface area contributed by atoms with Gasteiger partial charge in [0.05, 0.1) is 17.6 Å². The Bertz CT molecular complexity index is 1300. The Morgan fingerprint density at radius 1 is 1.19 bits per heavy atom. The fourth-order valence-corrected chi connectivity index (χ4v) is 3.83. The molecule has 1 atom stereocenters. The third-order valence-corrected chi connectivity index (χ3v) is 5.73. The number of carboxylic acid groups (broad SMARTS) is 1. The monoisotopic (exact) mass is 432 g/mol. The molecule has 0 aliphatic rings. The van der Waals surface area contributed by atoms with Crippen molar-refractivity contribution in [2.75, 3.05) is 0 Å². The van der Waals surface area contributed by atoms with Crippen molar-refractivity contribution < 1.29 is 19.0 Å². The first-order chi connectivity index (χ1) is 15.3. The van der Waals surface area contributed by atoms with Gasteiger partial charge in [0.15, 0.2) is 0 Å². The highest BCUT2D eigenvalue weighted by molar-refractivity contribution is 5.86. The zero-order valence-corrected chi connectivity index (χ0v) is 18.3. The highest BCUT2D eigenvalue weighted by Gasteiger charge is 2.17. The Morgan fingerprint density at radius 2 is 2.00 bits per heavy atom. The number of carbonyl (C=O) groups is 1. The van der Waals surface area contributed by atoms with Crippen molar-refractivity contribution in [2.24, 2.45) is 13.0 Å². The molecule has 0 bridgehead atoms. The number of aromatic nitrogens is 2. The fraction of sp³-hybridized carbons (Fsp3) is 0.231. The van der Waals surface area contributed by atoms with E-state index in [0.29, 0.717) is 12.2 Å². The molecule has 3 aromatic carbocycles. The van der Waals surface area contributed by atoms with Crippen LogP contribution in [-0.4, -0.2) is 20.9 Å². The van der Waals surface area contributed by atoms with Crippen molar-refractivity contribution in [2.45, 2.75) is 26.9 Å². The maximum Gasteiger partial charge on any atom is 0.306 e. The first-order valence-electron chi connectivity index (χ1n) is 10.5. The van der Waals surface area contributed by atoms with Crippen molar-refractivity contribution in [3.05, 3.63) is 83.3 Å². The van der Waals surface area contributed by atoms with Gasteiger partial charge >= 0.3 is 5.97 Å². The molecule has 1 heterocycles. The van der Waals surface area contributed by atoms with Crippen LogP contribution < -0.4 is 4.74 Å². The van der Waals surface area contributed by atoms with Crippen molar-refractivity contribution in [1.29, 1.82) is 0 Å². The molecule has 0 saturated heterocycles. The number of nitrogens with zero attached hydrogens (tertiary/aromatic N) is 2. The molecule has 0 fully saturated rings. The van der Waals surface area contributed by atoms with Gasteiger partial charge in [0, 0.05) is 18.0 Å². The van der Waals surface area contributed by atoms with Crippen molar-refractivity contribution in [1.82, 2.24) is 9.78 Å². The Morgan fingerprint density at radius 3 is 2.75 bits per heavy atom. The van der Waals surface area contributed by atoms with E-state index in [4.69, 9.17) is 4.74 Å². The van der Waals surface area contributed by atoms with Gasteiger partial charge in [-0.3, -0.25) is 9.48 Å². The minimum absolute atomic E-state index is 0.226.